The van der Waals surface area contributed by atoms with Gasteiger partial charge < -0.3 is 14.1 Å². The summed E-state index contributed by atoms with van der Waals surface area (Å²) in [4.78, 5) is 14.1. The summed E-state index contributed by atoms with van der Waals surface area (Å²) in [5, 5.41) is 0.241. The second-order valence-electron chi connectivity index (χ2n) is 6.77. The highest BCUT2D eigenvalue weighted by atomic mass is 35.5. The van der Waals surface area contributed by atoms with Crippen LogP contribution in [-0.2, 0) is 14.8 Å². The Kier molecular flexibility index (Phi) is 7.00. The Morgan fingerprint density at radius 2 is 2.10 bits per heavy atom. The van der Waals surface area contributed by atoms with Crippen LogP contribution in [0, 0.1) is 5.92 Å². The van der Waals surface area contributed by atoms with Gasteiger partial charge in [-0.05, 0) is 55.2 Å². The van der Waals surface area contributed by atoms with Gasteiger partial charge in [0.05, 0.1) is 23.3 Å². The molecule has 0 radical (unpaired) electrons. The molecule has 0 bridgehead atoms. The zero-order valence-electron chi connectivity index (χ0n) is 16.0. The largest absolute Gasteiger partial charge is 0.495 e. The fourth-order valence-corrected chi connectivity index (χ4v) is 4.59. The van der Waals surface area contributed by atoms with Gasteiger partial charge in [-0.1, -0.05) is 11.6 Å². The predicted molar refractivity (Wildman–Crippen MR) is 110 cm³/mol. The van der Waals surface area contributed by atoms with Gasteiger partial charge in [-0.25, -0.2) is 13.1 Å². The highest BCUT2D eigenvalue weighted by Crippen LogP contribution is 2.27. The lowest BCUT2D eigenvalue weighted by Crippen LogP contribution is -2.40. The SMILES string of the molecule is COc1ccc(S(=O)(=O)NCC2CCN(C(=O)/C=C/c3ccco3)CC2)cc1Cl. The minimum atomic E-state index is -3.66. The summed E-state index contributed by atoms with van der Waals surface area (Å²) >= 11 is 6.02. The van der Waals surface area contributed by atoms with Gasteiger partial charge in [0, 0.05) is 25.7 Å². The summed E-state index contributed by atoms with van der Waals surface area (Å²) in [5.41, 5.74) is 0. The number of furan rings is 1. The lowest BCUT2D eigenvalue weighted by Gasteiger charge is -2.31. The number of methoxy groups -OCH3 is 1. The number of hydrogen-bond acceptors (Lipinski definition) is 5. The van der Waals surface area contributed by atoms with Crippen molar-refractivity contribution in [2.45, 2.75) is 17.7 Å². The van der Waals surface area contributed by atoms with E-state index in [2.05, 4.69) is 4.72 Å². The summed E-state index contributed by atoms with van der Waals surface area (Å²) in [7, 11) is -2.19. The Bertz CT molecular complexity index is 965. The van der Waals surface area contributed by atoms with Gasteiger partial charge in [0.2, 0.25) is 15.9 Å². The number of nitrogens with one attached hydrogen (secondary N) is 1. The van der Waals surface area contributed by atoms with Gasteiger partial charge >= 0.3 is 0 Å². The number of halogens is 1. The maximum atomic E-state index is 12.5. The van der Waals surface area contributed by atoms with Gasteiger partial charge in [-0.2, -0.15) is 0 Å². The Hall–Kier alpha value is -2.29. The first kappa shape index (κ1) is 21.4. The van der Waals surface area contributed by atoms with Gasteiger partial charge in [0.15, 0.2) is 0 Å². The number of nitrogens with zero attached hydrogens (tertiary/aromatic N) is 1. The fraction of sp³-hybridized carbons (Fsp3) is 0.350. The third kappa shape index (κ3) is 5.62. The van der Waals surface area contributed by atoms with E-state index < -0.39 is 10.0 Å². The quantitative estimate of drug-likeness (QED) is 0.670. The zero-order valence-corrected chi connectivity index (χ0v) is 17.6. The molecule has 0 spiro atoms. The van der Waals surface area contributed by atoms with Crippen molar-refractivity contribution in [1.82, 2.24) is 9.62 Å². The molecule has 0 aliphatic carbocycles. The number of rotatable bonds is 7. The van der Waals surface area contributed by atoms with Crippen molar-refractivity contribution in [2.24, 2.45) is 5.92 Å². The molecule has 1 aromatic carbocycles. The lowest BCUT2D eigenvalue weighted by atomic mass is 9.97. The molecule has 1 N–H and O–H groups in total. The number of carbonyl (C=O) groups excluding carboxylic acids is 1. The monoisotopic (exact) mass is 438 g/mol. The highest BCUT2D eigenvalue weighted by Gasteiger charge is 2.24. The number of likely N-dealkylation sites (tertiary alicyclic amines) is 1. The summed E-state index contributed by atoms with van der Waals surface area (Å²) in [6, 6.07) is 7.89. The maximum absolute atomic E-state index is 12.5. The molecule has 2 heterocycles. The van der Waals surface area contributed by atoms with Crippen molar-refractivity contribution in [2.75, 3.05) is 26.7 Å². The molecule has 1 aliphatic heterocycles. The molecular formula is C20H23ClN2O5S. The van der Waals surface area contributed by atoms with Crippen molar-refractivity contribution in [3.63, 3.8) is 0 Å². The van der Waals surface area contributed by atoms with Crippen molar-refractivity contribution >= 4 is 33.6 Å². The van der Waals surface area contributed by atoms with E-state index >= 15 is 0 Å². The second kappa shape index (κ2) is 9.47. The number of piperidine rings is 1. The molecule has 0 unspecified atom stereocenters. The number of ether oxygens (including phenoxy) is 1. The van der Waals surface area contributed by atoms with Crippen LogP contribution in [0.3, 0.4) is 0 Å². The number of hydrogen-bond donors (Lipinski definition) is 1. The van der Waals surface area contributed by atoms with Crippen molar-refractivity contribution in [3.8, 4) is 5.75 Å². The average molecular weight is 439 g/mol. The first-order chi connectivity index (χ1) is 13.9. The first-order valence-electron chi connectivity index (χ1n) is 9.23. The zero-order chi connectivity index (χ0) is 20.9. The van der Waals surface area contributed by atoms with E-state index in [4.69, 9.17) is 20.8 Å². The Morgan fingerprint density at radius 3 is 2.72 bits per heavy atom. The summed E-state index contributed by atoms with van der Waals surface area (Å²) in [6.07, 6.45) is 6.15. The lowest BCUT2D eigenvalue weighted by molar-refractivity contribution is -0.127. The molecular weight excluding hydrogens is 416 g/mol. The molecule has 2 aromatic rings. The third-order valence-electron chi connectivity index (χ3n) is 4.86. The van der Waals surface area contributed by atoms with Crippen molar-refractivity contribution < 1.29 is 22.4 Å². The van der Waals surface area contributed by atoms with E-state index in [1.54, 1.807) is 29.4 Å². The third-order valence-corrected chi connectivity index (χ3v) is 6.57. The van der Waals surface area contributed by atoms with Crippen molar-refractivity contribution in [1.29, 1.82) is 0 Å². The average Bonchev–Trinajstić information content (AvgIpc) is 3.24. The normalized spacial score (nSPS) is 15.7. The van der Waals surface area contributed by atoms with E-state index in [9.17, 15) is 13.2 Å². The van der Waals surface area contributed by atoms with Crippen molar-refractivity contribution in [3.05, 3.63) is 53.5 Å². The topological polar surface area (TPSA) is 88.9 Å². The number of sulfonamides is 1. The summed E-state index contributed by atoms with van der Waals surface area (Å²) in [6.45, 7) is 1.49. The fourth-order valence-electron chi connectivity index (χ4n) is 3.13. The standard InChI is InChI=1S/C20H23ClN2O5S/c1-27-19-6-5-17(13-18(19)21)29(25,26)22-14-15-8-10-23(11-9-15)20(24)7-4-16-3-2-12-28-16/h2-7,12-13,15,22H,8-11,14H2,1H3/b7-4+. The summed E-state index contributed by atoms with van der Waals surface area (Å²) < 4.78 is 37.9. The van der Waals surface area contributed by atoms with Crippen LogP contribution >= 0.6 is 11.6 Å². The molecule has 1 amide bonds. The summed E-state index contributed by atoms with van der Waals surface area (Å²) in [5.74, 6) is 1.13. The molecule has 1 aromatic heterocycles. The second-order valence-corrected chi connectivity index (χ2v) is 8.94. The molecule has 1 aliphatic rings. The number of benzene rings is 1. The van der Waals surface area contributed by atoms with E-state index in [0.717, 1.165) is 12.8 Å². The molecule has 1 fully saturated rings. The van der Waals surface area contributed by atoms with E-state index in [-0.39, 0.29) is 21.7 Å². The Labute approximate surface area is 175 Å². The molecule has 29 heavy (non-hydrogen) atoms. The van der Waals surface area contributed by atoms with Crippen LogP contribution in [0.4, 0.5) is 0 Å². The molecule has 0 saturated carbocycles. The van der Waals surface area contributed by atoms with Gasteiger partial charge in [-0.15, -0.1) is 0 Å². The molecule has 1 saturated heterocycles. The minimum absolute atomic E-state index is 0.0756. The smallest absolute Gasteiger partial charge is 0.246 e. The van der Waals surface area contributed by atoms with Crippen LogP contribution in [0.1, 0.15) is 18.6 Å². The molecule has 7 nitrogen and oxygen atoms in total. The van der Waals surface area contributed by atoms with Crippen LogP contribution in [0.25, 0.3) is 6.08 Å². The Balaban J connectivity index is 1.49. The number of amides is 1. The maximum Gasteiger partial charge on any atom is 0.246 e. The Morgan fingerprint density at radius 1 is 1.34 bits per heavy atom. The minimum Gasteiger partial charge on any atom is -0.495 e. The molecule has 156 valence electrons. The highest BCUT2D eigenvalue weighted by molar-refractivity contribution is 7.89. The van der Waals surface area contributed by atoms with Gasteiger partial charge in [0.25, 0.3) is 0 Å². The van der Waals surface area contributed by atoms with Crippen LogP contribution in [0.2, 0.25) is 5.02 Å². The first-order valence-corrected chi connectivity index (χ1v) is 11.1. The predicted octanol–water partition coefficient (Wildman–Crippen LogP) is 3.17. The van der Waals surface area contributed by atoms with Crippen LogP contribution in [0.15, 0.2) is 52.0 Å². The molecule has 3 rings (SSSR count). The number of carbonyl (C=O) groups is 1. The van der Waals surface area contributed by atoms with E-state index in [1.807, 2.05) is 0 Å². The van der Waals surface area contributed by atoms with E-state index in [1.165, 1.54) is 31.4 Å². The van der Waals surface area contributed by atoms with Gasteiger partial charge in [-0.3, -0.25) is 4.79 Å². The van der Waals surface area contributed by atoms with E-state index in [0.29, 0.717) is 31.1 Å². The van der Waals surface area contributed by atoms with Crippen LogP contribution in [0.5, 0.6) is 5.75 Å². The van der Waals surface area contributed by atoms with Crippen LogP contribution in [-0.4, -0.2) is 46.0 Å². The van der Waals surface area contributed by atoms with Gasteiger partial charge in [0.1, 0.15) is 11.5 Å². The molecule has 0 atom stereocenters. The van der Waals surface area contributed by atoms with Crippen LogP contribution < -0.4 is 9.46 Å². The molecule has 9 heteroatoms.